The zero-order valence-corrected chi connectivity index (χ0v) is 17.1. The minimum Gasteiger partial charge on any atom is -0.508 e. The number of aliphatic carboxylic acids is 1. The van der Waals surface area contributed by atoms with Crippen molar-refractivity contribution in [3.63, 3.8) is 0 Å². The summed E-state index contributed by atoms with van der Waals surface area (Å²) in [6.45, 7) is 6.11. The number of phenols is 1. The minimum atomic E-state index is -0.999. The molecule has 0 unspecified atom stereocenters. The number of aliphatic hydroxyl groups excluding tert-OH is 1. The Bertz CT molecular complexity index is 779. The molecule has 0 heterocycles. The molecule has 0 bridgehead atoms. The number of phenolic OH excluding ortho intramolecular Hbond substituents is 1. The summed E-state index contributed by atoms with van der Waals surface area (Å²) in [6, 6.07) is 10.3. The van der Waals surface area contributed by atoms with Crippen LogP contribution in [-0.4, -0.2) is 40.5 Å². The summed E-state index contributed by atoms with van der Waals surface area (Å²) in [7, 11) is 0. The largest absolute Gasteiger partial charge is 0.508 e. The predicted molar refractivity (Wildman–Crippen MR) is 111 cm³/mol. The second kappa shape index (κ2) is 10.9. The molecule has 28 heavy (non-hydrogen) atoms. The fourth-order valence-electron chi connectivity index (χ4n) is 2.92. The normalized spacial score (nSPS) is 12.7. The van der Waals surface area contributed by atoms with Crippen molar-refractivity contribution in [3.8, 4) is 11.5 Å². The Morgan fingerprint density at radius 3 is 2.39 bits per heavy atom. The third kappa shape index (κ3) is 6.71. The Morgan fingerprint density at radius 2 is 1.79 bits per heavy atom. The second-order valence-corrected chi connectivity index (χ2v) is 6.76. The smallest absolute Gasteiger partial charge is 0.341 e. The summed E-state index contributed by atoms with van der Waals surface area (Å²) in [5.74, 6) is -0.238. The Balaban J connectivity index is 0.00000392. The first kappa shape index (κ1) is 23.8. The van der Waals surface area contributed by atoms with E-state index in [0.29, 0.717) is 12.3 Å². The molecule has 0 amide bonds. The van der Waals surface area contributed by atoms with Gasteiger partial charge in [-0.05, 0) is 74.2 Å². The van der Waals surface area contributed by atoms with Gasteiger partial charge in [-0.2, -0.15) is 0 Å². The molecule has 0 aliphatic carbocycles. The van der Waals surface area contributed by atoms with Crippen molar-refractivity contribution in [1.82, 2.24) is 5.32 Å². The molecule has 2 aromatic rings. The number of benzene rings is 2. The van der Waals surface area contributed by atoms with Crippen LogP contribution in [0.15, 0.2) is 36.4 Å². The lowest BCUT2D eigenvalue weighted by molar-refractivity contribution is -0.139. The molecule has 0 fully saturated rings. The number of aryl methyl sites for hydroxylation is 2. The predicted octanol–water partition coefficient (Wildman–Crippen LogP) is 3.15. The van der Waals surface area contributed by atoms with Crippen LogP contribution in [0.3, 0.4) is 0 Å². The van der Waals surface area contributed by atoms with Gasteiger partial charge in [-0.25, -0.2) is 4.79 Å². The average Bonchev–Trinajstić information content (AvgIpc) is 2.62. The molecular formula is C21H28ClNO5. The van der Waals surface area contributed by atoms with Crippen LogP contribution in [0.1, 0.15) is 35.3 Å². The van der Waals surface area contributed by atoms with Gasteiger partial charge in [-0.15, -0.1) is 12.4 Å². The highest BCUT2D eigenvalue weighted by atomic mass is 35.5. The first-order chi connectivity index (χ1) is 12.8. The van der Waals surface area contributed by atoms with E-state index < -0.39 is 12.1 Å². The minimum absolute atomic E-state index is 0. The number of nitrogens with one attached hydrogen (secondary N) is 1. The number of carboxylic acids is 1. The van der Waals surface area contributed by atoms with Crippen LogP contribution in [0.2, 0.25) is 0 Å². The maximum Gasteiger partial charge on any atom is 0.341 e. The zero-order valence-electron chi connectivity index (χ0n) is 16.3. The molecule has 0 aliphatic rings. The number of ether oxygens (including phenoxy) is 1. The number of hydrogen-bond acceptors (Lipinski definition) is 5. The quantitative estimate of drug-likeness (QED) is 0.507. The summed E-state index contributed by atoms with van der Waals surface area (Å²) in [5.41, 5.74) is 3.83. The molecule has 0 spiro atoms. The molecule has 0 saturated heterocycles. The van der Waals surface area contributed by atoms with Gasteiger partial charge < -0.3 is 25.4 Å². The van der Waals surface area contributed by atoms with Crippen molar-refractivity contribution in [2.75, 3.05) is 13.2 Å². The second-order valence-electron chi connectivity index (χ2n) is 6.76. The monoisotopic (exact) mass is 409 g/mol. The van der Waals surface area contributed by atoms with E-state index in [2.05, 4.69) is 5.32 Å². The van der Waals surface area contributed by atoms with E-state index in [0.717, 1.165) is 28.7 Å². The lowest BCUT2D eigenvalue weighted by Crippen LogP contribution is -2.33. The van der Waals surface area contributed by atoms with E-state index in [9.17, 15) is 15.0 Å². The molecular weight excluding hydrogens is 382 g/mol. The van der Waals surface area contributed by atoms with Gasteiger partial charge in [0.1, 0.15) is 11.5 Å². The number of hydrogen-bond donors (Lipinski definition) is 4. The third-order valence-electron chi connectivity index (χ3n) is 4.55. The molecule has 4 N–H and O–H groups in total. The SMILES string of the molecule is Cc1cc(OCC(=O)O)c(C)cc1CCN[C@@H](C)[C@@H](O)c1ccc(O)cc1.Cl. The summed E-state index contributed by atoms with van der Waals surface area (Å²) in [6.07, 6.45) is 0.110. The van der Waals surface area contributed by atoms with Crippen molar-refractivity contribution < 1.29 is 24.9 Å². The zero-order chi connectivity index (χ0) is 20.0. The van der Waals surface area contributed by atoms with E-state index in [1.807, 2.05) is 32.9 Å². The van der Waals surface area contributed by atoms with Gasteiger partial charge in [0.25, 0.3) is 0 Å². The maximum atomic E-state index is 10.6. The number of carbonyl (C=O) groups is 1. The van der Waals surface area contributed by atoms with E-state index in [1.165, 1.54) is 0 Å². The van der Waals surface area contributed by atoms with Crippen molar-refractivity contribution >= 4 is 18.4 Å². The molecule has 2 atom stereocenters. The van der Waals surface area contributed by atoms with Gasteiger partial charge in [0, 0.05) is 6.04 Å². The molecule has 2 aromatic carbocycles. The Labute approximate surface area is 171 Å². The first-order valence-electron chi connectivity index (χ1n) is 8.93. The number of rotatable bonds is 9. The molecule has 0 radical (unpaired) electrons. The van der Waals surface area contributed by atoms with E-state index in [4.69, 9.17) is 9.84 Å². The maximum absolute atomic E-state index is 10.6. The molecule has 7 heteroatoms. The van der Waals surface area contributed by atoms with Gasteiger partial charge in [-0.3, -0.25) is 0 Å². The van der Waals surface area contributed by atoms with Crippen molar-refractivity contribution in [2.45, 2.75) is 39.3 Å². The van der Waals surface area contributed by atoms with Gasteiger partial charge in [0.15, 0.2) is 6.61 Å². The fourth-order valence-corrected chi connectivity index (χ4v) is 2.92. The Morgan fingerprint density at radius 1 is 1.14 bits per heavy atom. The molecule has 0 aromatic heterocycles. The van der Waals surface area contributed by atoms with Gasteiger partial charge in [-0.1, -0.05) is 18.2 Å². The van der Waals surface area contributed by atoms with Crippen LogP contribution in [0.5, 0.6) is 11.5 Å². The van der Waals surface area contributed by atoms with Crippen LogP contribution in [0.25, 0.3) is 0 Å². The van der Waals surface area contributed by atoms with E-state index in [1.54, 1.807) is 24.3 Å². The summed E-state index contributed by atoms with van der Waals surface area (Å²) in [5, 5.41) is 31.8. The number of aromatic hydroxyl groups is 1. The van der Waals surface area contributed by atoms with Gasteiger partial charge in [0.05, 0.1) is 6.10 Å². The molecule has 6 nitrogen and oxygen atoms in total. The number of aliphatic hydroxyl groups is 1. The highest BCUT2D eigenvalue weighted by Gasteiger charge is 2.16. The highest BCUT2D eigenvalue weighted by Crippen LogP contribution is 2.24. The highest BCUT2D eigenvalue weighted by molar-refractivity contribution is 5.85. The Hall–Kier alpha value is -2.28. The summed E-state index contributed by atoms with van der Waals surface area (Å²) in [4.78, 5) is 10.6. The van der Waals surface area contributed by atoms with Crippen LogP contribution in [0.4, 0.5) is 0 Å². The Kier molecular flexibility index (Phi) is 9.25. The first-order valence-corrected chi connectivity index (χ1v) is 8.93. The van der Waals surface area contributed by atoms with Crippen molar-refractivity contribution in [1.29, 1.82) is 0 Å². The molecule has 2 rings (SSSR count). The standard InChI is InChI=1S/C21H27NO5.ClH/c1-13-11-19(27-12-20(24)25)14(2)10-17(13)8-9-22-15(3)21(26)16-4-6-18(23)7-5-16;/h4-7,10-11,15,21-23,26H,8-9,12H2,1-3H3,(H,24,25);1H/t15-,21+;/m0./s1. The summed E-state index contributed by atoms with van der Waals surface area (Å²) >= 11 is 0. The lowest BCUT2D eigenvalue weighted by Gasteiger charge is -2.21. The van der Waals surface area contributed by atoms with Crippen molar-refractivity contribution in [3.05, 3.63) is 58.7 Å². The van der Waals surface area contributed by atoms with Crippen LogP contribution >= 0.6 is 12.4 Å². The molecule has 154 valence electrons. The van der Waals surface area contributed by atoms with E-state index in [-0.39, 0.29) is 30.8 Å². The lowest BCUT2D eigenvalue weighted by atomic mass is 10.0. The average molecular weight is 410 g/mol. The van der Waals surface area contributed by atoms with Crippen molar-refractivity contribution in [2.24, 2.45) is 0 Å². The van der Waals surface area contributed by atoms with Crippen LogP contribution in [-0.2, 0) is 11.2 Å². The number of halogens is 1. The van der Waals surface area contributed by atoms with E-state index >= 15 is 0 Å². The molecule has 0 aliphatic heterocycles. The van der Waals surface area contributed by atoms with Crippen LogP contribution in [0, 0.1) is 13.8 Å². The molecule has 0 saturated carbocycles. The van der Waals surface area contributed by atoms with Gasteiger partial charge >= 0.3 is 5.97 Å². The number of carboxylic acid groups (broad SMARTS) is 1. The third-order valence-corrected chi connectivity index (χ3v) is 4.55. The topological polar surface area (TPSA) is 99.0 Å². The van der Waals surface area contributed by atoms with Gasteiger partial charge in [0.2, 0.25) is 0 Å². The summed E-state index contributed by atoms with van der Waals surface area (Å²) < 4.78 is 5.30. The fraction of sp³-hybridized carbons (Fsp3) is 0.381. The van der Waals surface area contributed by atoms with Crippen LogP contribution < -0.4 is 10.1 Å².